The molecule has 0 bridgehead atoms. The minimum absolute atomic E-state index is 0.0948. The van der Waals surface area contributed by atoms with Gasteiger partial charge >= 0.3 is 0 Å². The minimum Gasteiger partial charge on any atom is -0.346 e. The van der Waals surface area contributed by atoms with E-state index >= 15 is 0 Å². The highest BCUT2D eigenvalue weighted by Gasteiger charge is 2.45. The normalized spacial score (nSPS) is 26.3. The predicted molar refractivity (Wildman–Crippen MR) is 91.3 cm³/mol. The van der Waals surface area contributed by atoms with Gasteiger partial charge < -0.3 is 9.47 Å². The van der Waals surface area contributed by atoms with Gasteiger partial charge in [0.15, 0.2) is 5.79 Å². The van der Waals surface area contributed by atoms with Crippen LogP contribution < -0.4 is 0 Å². The molecule has 0 saturated carbocycles. The lowest BCUT2D eigenvalue weighted by atomic mass is 9.69. The third-order valence-electron chi connectivity index (χ3n) is 5.12. The molecule has 1 fully saturated rings. The maximum atomic E-state index is 6.32. The van der Waals surface area contributed by atoms with E-state index in [1.54, 1.807) is 0 Å². The second-order valence-corrected chi connectivity index (χ2v) is 6.45. The smallest absolute Gasteiger partial charge is 0.187 e. The molecular weight excluding hydrogens is 284 g/mol. The summed E-state index contributed by atoms with van der Waals surface area (Å²) in [7, 11) is 0. The summed E-state index contributed by atoms with van der Waals surface area (Å²) in [4.78, 5) is 0. The van der Waals surface area contributed by atoms with Crippen molar-refractivity contribution in [3.05, 3.63) is 83.9 Å². The second-order valence-electron chi connectivity index (χ2n) is 6.45. The molecule has 4 rings (SSSR count). The van der Waals surface area contributed by atoms with Crippen LogP contribution in [0.3, 0.4) is 0 Å². The van der Waals surface area contributed by atoms with Crippen LogP contribution in [0.2, 0.25) is 0 Å². The maximum absolute atomic E-state index is 6.32. The monoisotopic (exact) mass is 306 g/mol. The lowest BCUT2D eigenvalue weighted by molar-refractivity contribution is -0.238. The lowest BCUT2D eigenvalue weighted by Crippen LogP contribution is -2.48. The lowest BCUT2D eigenvalue weighted by Gasteiger charge is -2.46. The van der Waals surface area contributed by atoms with E-state index in [0.717, 1.165) is 25.9 Å². The molecule has 118 valence electrons. The third-order valence-corrected chi connectivity index (χ3v) is 5.12. The first kappa shape index (κ1) is 14.7. The van der Waals surface area contributed by atoms with Crippen molar-refractivity contribution >= 4 is 0 Å². The van der Waals surface area contributed by atoms with E-state index < -0.39 is 5.79 Å². The van der Waals surface area contributed by atoms with Crippen LogP contribution in [0.4, 0.5) is 0 Å². The largest absolute Gasteiger partial charge is 0.346 e. The van der Waals surface area contributed by atoms with Crippen molar-refractivity contribution in [3.63, 3.8) is 0 Å². The van der Waals surface area contributed by atoms with Crippen molar-refractivity contribution in [2.24, 2.45) is 0 Å². The first-order valence-corrected chi connectivity index (χ1v) is 8.40. The zero-order valence-electron chi connectivity index (χ0n) is 13.3. The van der Waals surface area contributed by atoms with Crippen molar-refractivity contribution in [3.8, 4) is 0 Å². The van der Waals surface area contributed by atoms with Crippen LogP contribution in [0.1, 0.15) is 30.4 Å². The van der Waals surface area contributed by atoms with E-state index in [-0.39, 0.29) is 5.41 Å². The van der Waals surface area contributed by atoms with Crippen LogP contribution in [-0.2, 0) is 14.9 Å². The van der Waals surface area contributed by atoms with Gasteiger partial charge in [-0.1, -0.05) is 66.7 Å². The van der Waals surface area contributed by atoms with Gasteiger partial charge in [-0.15, -0.1) is 0 Å². The molecule has 0 unspecified atom stereocenters. The van der Waals surface area contributed by atoms with Gasteiger partial charge in [0.05, 0.1) is 13.2 Å². The molecule has 1 spiro atoms. The molecule has 0 N–H and O–H groups in total. The predicted octanol–water partition coefficient (Wildman–Crippen LogP) is 4.46. The molecule has 1 atom stereocenters. The highest BCUT2D eigenvalue weighted by Crippen LogP contribution is 2.45. The van der Waals surface area contributed by atoms with Crippen molar-refractivity contribution in [2.45, 2.75) is 30.5 Å². The molecule has 2 aliphatic rings. The molecule has 0 aliphatic carbocycles. The van der Waals surface area contributed by atoms with Crippen LogP contribution in [0.15, 0.2) is 72.8 Å². The van der Waals surface area contributed by atoms with Crippen molar-refractivity contribution in [2.75, 3.05) is 13.2 Å². The molecular formula is C21H22O2. The standard InChI is InChI=1S/C21H22O2/c1-3-9-18(10-4-1)20(19-11-5-2-6-12-19)14-15-21(23-17-20)13-7-8-16-22-21/h1-7,9-13H,8,14-17H2/t21-/m1/s1. The number of rotatable bonds is 2. The van der Waals surface area contributed by atoms with E-state index in [1.807, 2.05) is 0 Å². The van der Waals surface area contributed by atoms with E-state index in [1.165, 1.54) is 11.1 Å². The van der Waals surface area contributed by atoms with Crippen LogP contribution in [0.5, 0.6) is 0 Å². The second kappa shape index (κ2) is 5.95. The molecule has 2 heteroatoms. The van der Waals surface area contributed by atoms with E-state index in [0.29, 0.717) is 6.61 Å². The summed E-state index contributed by atoms with van der Waals surface area (Å²) >= 11 is 0. The topological polar surface area (TPSA) is 18.5 Å². The summed E-state index contributed by atoms with van der Waals surface area (Å²) in [5, 5.41) is 0. The third kappa shape index (κ3) is 2.62. The van der Waals surface area contributed by atoms with Gasteiger partial charge in [0.1, 0.15) is 0 Å². The molecule has 23 heavy (non-hydrogen) atoms. The van der Waals surface area contributed by atoms with Crippen LogP contribution in [-0.4, -0.2) is 19.0 Å². The fourth-order valence-electron chi connectivity index (χ4n) is 3.77. The van der Waals surface area contributed by atoms with Gasteiger partial charge in [-0.3, -0.25) is 0 Å². The zero-order chi connectivity index (χ0) is 15.6. The Morgan fingerprint density at radius 3 is 1.87 bits per heavy atom. The Labute approximate surface area is 137 Å². The fraction of sp³-hybridized carbons (Fsp3) is 0.333. The zero-order valence-corrected chi connectivity index (χ0v) is 13.3. The number of hydrogen-bond acceptors (Lipinski definition) is 2. The highest BCUT2D eigenvalue weighted by molar-refractivity contribution is 5.40. The average molecular weight is 306 g/mol. The Morgan fingerprint density at radius 2 is 1.39 bits per heavy atom. The Bertz CT molecular complexity index is 626. The number of ether oxygens (including phenoxy) is 2. The van der Waals surface area contributed by atoms with Gasteiger partial charge in [-0.2, -0.15) is 0 Å². The summed E-state index contributed by atoms with van der Waals surface area (Å²) in [6.45, 7) is 1.39. The highest BCUT2D eigenvalue weighted by atomic mass is 16.7. The van der Waals surface area contributed by atoms with Gasteiger partial charge in [0.25, 0.3) is 0 Å². The maximum Gasteiger partial charge on any atom is 0.187 e. The summed E-state index contributed by atoms with van der Waals surface area (Å²) in [5.74, 6) is -0.509. The van der Waals surface area contributed by atoms with Gasteiger partial charge in [0.2, 0.25) is 0 Å². The molecule has 2 nitrogen and oxygen atoms in total. The molecule has 2 aromatic rings. The summed E-state index contributed by atoms with van der Waals surface area (Å²) < 4.78 is 12.3. The Kier molecular flexibility index (Phi) is 3.80. The first-order chi connectivity index (χ1) is 11.3. The van der Waals surface area contributed by atoms with Crippen LogP contribution >= 0.6 is 0 Å². The minimum atomic E-state index is -0.509. The summed E-state index contributed by atoms with van der Waals surface area (Å²) in [6, 6.07) is 21.4. The van der Waals surface area contributed by atoms with Crippen molar-refractivity contribution in [1.82, 2.24) is 0 Å². The average Bonchev–Trinajstić information content (AvgIpc) is 2.65. The fourth-order valence-corrected chi connectivity index (χ4v) is 3.77. The molecule has 0 radical (unpaired) electrons. The first-order valence-electron chi connectivity index (χ1n) is 8.40. The van der Waals surface area contributed by atoms with Gasteiger partial charge in [-0.25, -0.2) is 0 Å². The van der Waals surface area contributed by atoms with E-state index in [4.69, 9.17) is 9.47 Å². The molecule has 1 saturated heterocycles. The van der Waals surface area contributed by atoms with Crippen LogP contribution in [0.25, 0.3) is 0 Å². The van der Waals surface area contributed by atoms with E-state index in [9.17, 15) is 0 Å². The van der Waals surface area contributed by atoms with E-state index in [2.05, 4.69) is 72.8 Å². The summed E-state index contributed by atoms with van der Waals surface area (Å²) in [6.07, 6.45) is 7.17. The SMILES string of the molecule is C1=C[C@@]2(CCC(c3ccccc3)(c3ccccc3)CO2)OCC1. The van der Waals surface area contributed by atoms with Gasteiger partial charge in [-0.05, 0) is 30.0 Å². The van der Waals surface area contributed by atoms with Crippen LogP contribution in [0, 0.1) is 0 Å². The number of benzene rings is 2. The Balaban J connectivity index is 1.72. The quantitative estimate of drug-likeness (QED) is 0.763. The Morgan fingerprint density at radius 1 is 0.739 bits per heavy atom. The van der Waals surface area contributed by atoms with Gasteiger partial charge in [0, 0.05) is 11.8 Å². The molecule has 0 aromatic heterocycles. The molecule has 2 aromatic carbocycles. The molecule has 2 heterocycles. The van der Waals surface area contributed by atoms with Crippen molar-refractivity contribution < 1.29 is 9.47 Å². The summed E-state index contributed by atoms with van der Waals surface area (Å²) in [5.41, 5.74) is 2.55. The number of hydrogen-bond donors (Lipinski definition) is 0. The Hall–Kier alpha value is -1.90. The molecule has 2 aliphatic heterocycles. The molecule has 0 amide bonds. The van der Waals surface area contributed by atoms with Crippen molar-refractivity contribution in [1.29, 1.82) is 0 Å².